The quantitative estimate of drug-likeness (QED) is 0.809. The monoisotopic (exact) mass is 241 g/mol. The highest BCUT2D eigenvalue weighted by Gasteiger charge is 2.04. The van der Waals surface area contributed by atoms with Crippen LogP contribution in [-0.2, 0) is 11.2 Å². The van der Waals surface area contributed by atoms with Gasteiger partial charge in [0.15, 0.2) is 0 Å². The summed E-state index contributed by atoms with van der Waals surface area (Å²) in [6.07, 6.45) is 5.26. The molecule has 0 spiro atoms. The number of nitrogens with one attached hydrogen (secondary N) is 1. The predicted molar refractivity (Wildman–Crippen MR) is 62.0 cm³/mol. The van der Waals surface area contributed by atoms with Crippen LogP contribution in [0.3, 0.4) is 0 Å². The van der Waals surface area contributed by atoms with Gasteiger partial charge in [-0.2, -0.15) is 0 Å². The van der Waals surface area contributed by atoms with Crippen molar-refractivity contribution in [3.05, 3.63) is 33.8 Å². The summed E-state index contributed by atoms with van der Waals surface area (Å²) >= 11 is 11.5. The molecule has 1 amide bonds. The molecule has 0 aromatic heterocycles. The Morgan fingerprint density at radius 1 is 1.40 bits per heavy atom. The summed E-state index contributed by atoms with van der Waals surface area (Å²) in [5, 5.41) is 3.48. The summed E-state index contributed by atoms with van der Waals surface area (Å²) in [7, 11) is 0. The van der Waals surface area contributed by atoms with Crippen LogP contribution in [0.25, 0.3) is 0 Å². The van der Waals surface area contributed by atoms with E-state index >= 15 is 0 Å². The Kier molecular flexibility index (Phi) is 4.48. The van der Waals surface area contributed by atoms with Crippen molar-refractivity contribution in [2.75, 3.05) is 6.54 Å². The van der Waals surface area contributed by atoms with Gasteiger partial charge >= 0.3 is 0 Å². The highest BCUT2D eigenvalue weighted by atomic mass is 35.5. The van der Waals surface area contributed by atoms with E-state index in [0.29, 0.717) is 10.0 Å². The molecule has 1 N–H and O–H groups in total. The summed E-state index contributed by atoms with van der Waals surface area (Å²) < 4.78 is 0. The maximum Gasteiger partial charge on any atom is 0.225 e. The van der Waals surface area contributed by atoms with E-state index in [1.54, 1.807) is 18.2 Å². The fourth-order valence-corrected chi connectivity index (χ4v) is 1.37. The van der Waals surface area contributed by atoms with Crippen LogP contribution in [0.15, 0.2) is 18.2 Å². The average Bonchev–Trinajstić information content (AvgIpc) is 2.20. The lowest BCUT2D eigenvalue weighted by Gasteiger charge is -2.03. The molecule has 2 nitrogen and oxygen atoms in total. The van der Waals surface area contributed by atoms with Crippen molar-refractivity contribution in [2.24, 2.45) is 0 Å². The van der Waals surface area contributed by atoms with Gasteiger partial charge in [-0.1, -0.05) is 35.2 Å². The highest BCUT2D eigenvalue weighted by Crippen LogP contribution is 2.22. The molecule has 0 atom stereocenters. The smallest absolute Gasteiger partial charge is 0.225 e. The predicted octanol–water partition coefficient (Wildman–Crippen LogP) is 2.29. The number of amides is 1. The largest absolute Gasteiger partial charge is 0.345 e. The van der Waals surface area contributed by atoms with Gasteiger partial charge in [0.1, 0.15) is 0 Å². The van der Waals surface area contributed by atoms with Crippen LogP contribution in [0, 0.1) is 12.3 Å². The van der Waals surface area contributed by atoms with Gasteiger partial charge in [-0.3, -0.25) is 4.79 Å². The van der Waals surface area contributed by atoms with Gasteiger partial charge in [0.2, 0.25) is 5.91 Å². The molecule has 1 aromatic rings. The number of benzene rings is 1. The zero-order valence-corrected chi connectivity index (χ0v) is 9.40. The molecule has 0 fully saturated rings. The lowest BCUT2D eigenvalue weighted by Crippen LogP contribution is -2.25. The van der Waals surface area contributed by atoms with Crippen molar-refractivity contribution < 1.29 is 4.79 Å². The summed E-state index contributed by atoms with van der Waals surface area (Å²) in [5.41, 5.74) is 0.805. The number of hydrogen-bond donors (Lipinski definition) is 1. The van der Waals surface area contributed by atoms with Gasteiger partial charge in [-0.15, -0.1) is 6.42 Å². The van der Waals surface area contributed by atoms with Crippen LogP contribution in [0.5, 0.6) is 0 Å². The Bertz CT molecular complexity index is 410. The summed E-state index contributed by atoms with van der Waals surface area (Å²) in [5.74, 6) is 2.19. The molecule has 1 rings (SSSR count). The number of hydrogen-bond acceptors (Lipinski definition) is 1. The number of rotatable bonds is 3. The first kappa shape index (κ1) is 11.9. The van der Waals surface area contributed by atoms with Gasteiger partial charge in [-0.05, 0) is 17.7 Å². The normalized spacial score (nSPS) is 9.40. The van der Waals surface area contributed by atoms with Crippen LogP contribution in [0.2, 0.25) is 10.0 Å². The second-order valence-electron chi connectivity index (χ2n) is 2.91. The van der Waals surface area contributed by atoms with Crippen LogP contribution in [0.4, 0.5) is 0 Å². The van der Waals surface area contributed by atoms with Crippen molar-refractivity contribution in [3.8, 4) is 12.3 Å². The lowest BCUT2D eigenvalue weighted by atomic mass is 10.1. The minimum absolute atomic E-state index is 0.133. The van der Waals surface area contributed by atoms with E-state index in [9.17, 15) is 4.79 Å². The molecule has 4 heteroatoms. The molecule has 0 unspecified atom stereocenters. The summed E-state index contributed by atoms with van der Waals surface area (Å²) in [6.45, 7) is 0.236. The fourth-order valence-electron chi connectivity index (χ4n) is 1.05. The third kappa shape index (κ3) is 3.83. The molecule has 15 heavy (non-hydrogen) atoms. The minimum Gasteiger partial charge on any atom is -0.345 e. The van der Waals surface area contributed by atoms with E-state index in [1.165, 1.54) is 0 Å². The highest BCUT2D eigenvalue weighted by molar-refractivity contribution is 6.42. The lowest BCUT2D eigenvalue weighted by molar-refractivity contribution is -0.120. The van der Waals surface area contributed by atoms with E-state index < -0.39 is 0 Å². The van der Waals surface area contributed by atoms with Crippen molar-refractivity contribution >= 4 is 29.1 Å². The molecule has 0 heterocycles. The first-order valence-electron chi connectivity index (χ1n) is 4.27. The van der Waals surface area contributed by atoms with Crippen LogP contribution in [0.1, 0.15) is 5.56 Å². The zero-order chi connectivity index (χ0) is 11.3. The number of carbonyl (C=O) groups is 1. The third-order valence-electron chi connectivity index (χ3n) is 1.74. The van der Waals surface area contributed by atoms with Gasteiger partial charge in [0.05, 0.1) is 23.0 Å². The second-order valence-corrected chi connectivity index (χ2v) is 3.72. The molecule has 0 radical (unpaired) electrons. The van der Waals surface area contributed by atoms with Crippen LogP contribution >= 0.6 is 23.2 Å². The molecular weight excluding hydrogens is 233 g/mol. The first-order valence-corrected chi connectivity index (χ1v) is 5.03. The fraction of sp³-hybridized carbons (Fsp3) is 0.182. The Labute approximate surface area is 98.6 Å². The Balaban J connectivity index is 2.62. The Morgan fingerprint density at radius 3 is 2.73 bits per heavy atom. The SMILES string of the molecule is C#CCNC(=O)Cc1ccc(Cl)c(Cl)c1. The topological polar surface area (TPSA) is 29.1 Å². The number of carbonyl (C=O) groups excluding carboxylic acids is 1. The van der Waals surface area contributed by atoms with Crippen LogP contribution < -0.4 is 5.32 Å². The first-order chi connectivity index (χ1) is 7.13. The maximum atomic E-state index is 11.3. The number of halogens is 2. The van der Waals surface area contributed by atoms with Gasteiger partial charge in [-0.25, -0.2) is 0 Å². The average molecular weight is 242 g/mol. The van der Waals surface area contributed by atoms with Gasteiger partial charge < -0.3 is 5.32 Å². The molecule has 0 aliphatic rings. The van der Waals surface area contributed by atoms with Gasteiger partial charge in [0.25, 0.3) is 0 Å². The molecule has 78 valence electrons. The summed E-state index contributed by atoms with van der Waals surface area (Å²) in [6, 6.07) is 5.08. The molecule has 0 aliphatic carbocycles. The van der Waals surface area contributed by atoms with Crippen molar-refractivity contribution in [1.29, 1.82) is 0 Å². The third-order valence-corrected chi connectivity index (χ3v) is 2.48. The maximum absolute atomic E-state index is 11.3. The van der Waals surface area contributed by atoms with E-state index in [1.807, 2.05) is 0 Å². The van der Waals surface area contributed by atoms with E-state index in [2.05, 4.69) is 11.2 Å². The van der Waals surface area contributed by atoms with Gasteiger partial charge in [0, 0.05) is 0 Å². The van der Waals surface area contributed by atoms with E-state index in [0.717, 1.165) is 5.56 Å². The van der Waals surface area contributed by atoms with E-state index in [4.69, 9.17) is 29.6 Å². The summed E-state index contributed by atoms with van der Waals surface area (Å²) in [4.78, 5) is 11.3. The standard InChI is InChI=1S/C11H9Cl2NO/c1-2-5-14-11(15)7-8-3-4-9(12)10(13)6-8/h1,3-4,6H,5,7H2,(H,14,15). The molecule has 1 aromatic carbocycles. The molecule has 0 saturated carbocycles. The Hall–Kier alpha value is -1.17. The van der Waals surface area contributed by atoms with Crippen molar-refractivity contribution in [3.63, 3.8) is 0 Å². The van der Waals surface area contributed by atoms with Crippen molar-refractivity contribution in [1.82, 2.24) is 5.32 Å². The Morgan fingerprint density at radius 2 is 2.13 bits per heavy atom. The molecule has 0 saturated heterocycles. The minimum atomic E-state index is -0.133. The second kappa shape index (κ2) is 5.65. The number of terminal acetylenes is 1. The molecule has 0 aliphatic heterocycles. The zero-order valence-electron chi connectivity index (χ0n) is 7.89. The molecular formula is C11H9Cl2NO. The van der Waals surface area contributed by atoms with Crippen LogP contribution in [-0.4, -0.2) is 12.5 Å². The van der Waals surface area contributed by atoms with Crippen molar-refractivity contribution in [2.45, 2.75) is 6.42 Å². The molecule has 0 bridgehead atoms. The van der Waals surface area contributed by atoms with E-state index in [-0.39, 0.29) is 18.9 Å².